The molecule has 1 heterocycles. The maximum atomic E-state index is 11.9. The van der Waals surface area contributed by atoms with Gasteiger partial charge in [-0.05, 0) is 36.8 Å². The van der Waals surface area contributed by atoms with E-state index in [1.165, 1.54) is 7.11 Å². The lowest BCUT2D eigenvalue weighted by Crippen LogP contribution is -2.37. The maximum Gasteiger partial charge on any atom is 0.315 e. The zero-order chi connectivity index (χ0) is 18.2. The van der Waals surface area contributed by atoms with Crippen LogP contribution in [0.3, 0.4) is 0 Å². The van der Waals surface area contributed by atoms with Gasteiger partial charge in [0.05, 0.1) is 14.2 Å². The van der Waals surface area contributed by atoms with E-state index in [0.29, 0.717) is 23.6 Å². The van der Waals surface area contributed by atoms with Crippen LogP contribution in [0, 0.1) is 6.92 Å². The lowest BCUT2D eigenvalue weighted by Gasteiger charge is -2.17. The van der Waals surface area contributed by atoms with E-state index in [0.717, 1.165) is 11.3 Å². The van der Waals surface area contributed by atoms with Crippen LogP contribution in [0.2, 0.25) is 0 Å². The average Bonchev–Trinajstić information content (AvgIpc) is 2.65. The van der Waals surface area contributed by atoms with Crippen molar-refractivity contribution in [3.63, 3.8) is 0 Å². The van der Waals surface area contributed by atoms with Gasteiger partial charge in [0.1, 0.15) is 17.6 Å². The van der Waals surface area contributed by atoms with Crippen LogP contribution in [-0.2, 0) is 6.54 Å². The molecular weight excluding hydrogens is 322 g/mol. The van der Waals surface area contributed by atoms with Crippen molar-refractivity contribution in [1.29, 1.82) is 0 Å². The van der Waals surface area contributed by atoms with Crippen LogP contribution in [0.25, 0.3) is 0 Å². The summed E-state index contributed by atoms with van der Waals surface area (Å²) < 4.78 is 10.4. The third-order valence-electron chi connectivity index (χ3n) is 3.68. The van der Waals surface area contributed by atoms with Crippen LogP contribution >= 0.6 is 0 Å². The van der Waals surface area contributed by atoms with E-state index in [9.17, 15) is 9.90 Å². The second-order valence-corrected chi connectivity index (χ2v) is 5.50. The highest BCUT2D eigenvalue weighted by Gasteiger charge is 2.15. The summed E-state index contributed by atoms with van der Waals surface area (Å²) in [7, 11) is 3.07. The molecule has 0 aliphatic carbocycles. The number of hydrogen-bond donors (Lipinski definition) is 3. The molecule has 1 aromatic heterocycles. The highest BCUT2D eigenvalue weighted by atomic mass is 16.5. The Balaban J connectivity index is 1.87. The SMILES string of the molecule is COc1ccc(OC)c([C@H](O)CNC(=O)NCc2ccc(C)nc2)c1. The van der Waals surface area contributed by atoms with Crippen molar-refractivity contribution in [3.8, 4) is 11.5 Å². The van der Waals surface area contributed by atoms with Crippen molar-refractivity contribution in [2.24, 2.45) is 0 Å². The number of amides is 2. The molecule has 0 saturated heterocycles. The molecule has 7 nitrogen and oxygen atoms in total. The Morgan fingerprint density at radius 1 is 1.20 bits per heavy atom. The third-order valence-corrected chi connectivity index (χ3v) is 3.68. The number of methoxy groups -OCH3 is 2. The van der Waals surface area contributed by atoms with E-state index in [-0.39, 0.29) is 12.6 Å². The van der Waals surface area contributed by atoms with E-state index in [1.54, 1.807) is 31.5 Å². The Morgan fingerprint density at radius 3 is 2.64 bits per heavy atom. The molecule has 3 N–H and O–H groups in total. The van der Waals surface area contributed by atoms with E-state index in [4.69, 9.17) is 9.47 Å². The van der Waals surface area contributed by atoms with Crippen molar-refractivity contribution in [2.75, 3.05) is 20.8 Å². The fourth-order valence-electron chi connectivity index (χ4n) is 2.25. The molecule has 0 aliphatic heterocycles. The fraction of sp³-hybridized carbons (Fsp3) is 0.333. The molecule has 2 rings (SSSR count). The lowest BCUT2D eigenvalue weighted by molar-refractivity contribution is 0.169. The van der Waals surface area contributed by atoms with Crippen LogP contribution in [0.5, 0.6) is 11.5 Å². The minimum atomic E-state index is -0.920. The highest BCUT2D eigenvalue weighted by Crippen LogP contribution is 2.28. The fourth-order valence-corrected chi connectivity index (χ4v) is 2.25. The predicted octanol–water partition coefficient (Wildman–Crippen LogP) is 1.94. The second-order valence-electron chi connectivity index (χ2n) is 5.50. The van der Waals surface area contributed by atoms with E-state index < -0.39 is 6.10 Å². The van der Waals surface area contributed by atoms with Gasteiger partial charge in [-0.15, -0.1) is 0 Å². The summed E-state index contributed by atoms with van der Waals surface area (Å²) >= 11 is 0. The quantitative estimate of drug-likeness (QED) is 0.713. The van der Waals surface area contributed by atoms with E-state index in [1.807, 2.05) is 19.1 Å². The molecular formula is C18H23N3O4. The van der Waals surface area contributed by atoms with Gasteiger partial charge in [0, 0.05) is 30.5 Å². The molecule has 0 saturated carbocycles. The van der Waals surface area contributed by atoms with Gasteiger partial charge >= 0.3 is 6.03 Å². The topological polar surface area (TPSA) is 92.7 Å². The highest BCUT2D eigenvalue weighted by molar-refractivity contribution is 5.73. The van der Waals surface area contributed by atoms with E-state index >= 15 is 0 Å². The van der Waals surface area contributed by atoms with Crippen LogP contribution in [0.4, 0.5) is 4.79 Å². The molecule has 25 heavy (non-hydrogen) atoms. The summed E-state index contributed by atoms with van der Waals surface area (Å²) in [5.41, 5.74) is 2.37. The molecule has 0 bridgehead atoms. The van der Waals surface area contributed by atoms with Gasteiger partial charge in [0.15, 0.2) is 0 Å². The normalized spacial score (nSPS) is 11.5. The lowest BCUT2D eigenvalue weighted by atomic mass is 10.1. The molecule has 7 heteroatoms. The van der Waals surface area contributed by atoms with Gasteiger partial charge in [-0.3, -0.25) is 4.98 Å². The molecule has 0 unspecified atom stereocenters. The number of urea groups is 1. The van der Waals surface area contributed by atoms with Gasteiger partial charge < -0.3 is 25.2 Å². The molecule has 1 atom stereocenters. The monoisotopic (exact) mass is 345 g/mol. The zero-order valence-corrected chi connectivity index (χ0v) is 14.6. The van der Waals surface area contributed by atoms with Crippen molar-refractivity contribution in [2.45, 2.75) is 19.6 Å². The Kier molecular flexibility index (Phi) is 6.59. The van der Waals surface area contributed by atoms with Crippen molar-refractivity contribution in [1.82, 2.24) is 15.6 Å². The van der Waals surface area contributed by atoms with Crippen LogP contribution in [0.1, 0.15) is 22.9 Å². The smallest absolute Gasteiger partial charge is 0.315 e. The van der Waals surface area contributed by atoms with E-state index in [2.05, 4.69) is 15.6 Å². The van der Waals surface area contributed by atoms with Gasteiger partial charge in [0.2, 0.25) is 0 Å². The molecule has 0 fully saturated rings. The van der Waals surface area contributed by atoms with Crippen molar-refractivity contribution < 1.29 is 19.4 Å². The molecule has 2 amide bonds. The first-order valence-electron chi connectivity index (χ1n) is 7.86. The largest absolute Gasteiger partial charge is 0.497 e. The van der Waals surface area contributed by atoms with Gasteiger partial charge in [0.25, 0.3) is 0 Å². The Labute approximate surface area is 147 Å². The number of aryl methyl sites for hydroxylation is 1. The number of benzene rings is 1. The number of pyridine rings is 1. The first kappa shape index (κ1) is 18.5. The summed E-state index contributed by atoms with van der Waals surface area (Å²) in [5.74, 6) is 1.13. The first-order valence-corrected chi connectivity index (χ1v) is 7.86. The number of carbonyl (C=O) groups excluding carboxylic acids is 1. The third kappa shape index (κ3) is 5.36. The van der Waals surface area contributed by atoms with Gasteiger partial charge in [-0.25, -0.2) is 4.79 Å². The number of nitrogens with one attached hydrogen (secondary N) is 2. The summed E-state index contributed by atoms with van der Waals surface area (Å²) in [6.45, 7) is 2.30. The molecule has 0 spiro atoms. The number of carbonyl (C=O) groups is 1. The maximum absolute atomic E-state index is 11.9. The molecule has 0 radical (unpaired) electrons. The molecule has 1 aromatic carbocycles. The second kappa shape index (κ2) is 8.89. The minimum Gasteiger partial charge on any atom is -0.497 e. The van der Waals surface area contributed by atoms with Gasteiger partial charge in [-0.2, -0.15) is 0 Å². The molecule has 2 aromatic rings. The molecule has 134 valence electrons. The Hall–Kier alpha value is -2.80. The molecule has 0 aliphatic rings. The first-order chi connectivity index (χ1) is 12.0. The van der Waals surface area contributed by atoms with Crippen molar-refractivity contribution >= 4 is 6.03 Å². The Bertz CT molecular complexity index is 704. The minimum absolute atomic E-state index is 0.0432. The number of aliphatic hydroxyl groups is 1. The zero-order valence-electron chi connectivity index (χ0n) is 14.6. The number of aliphatic hydroxyl groups excluding tert-OH is 1. The van der Waals surface area contributed by atoms with Crippen molar-refractivity contribution in [3.05, 3.63) is 53.3 Å². The van der Waals surface area contributed by atoms with Gasteiger partial charge in [-0.1, -0.05) is 6.07 Å². The van der Waals surface area contributed by atoms with Crippen LogP contribution < -0.4 is 20.1 Å². The predicted molar refractivity (Wildman–Crippen MR) is 93.7 cm³/mol. The number of ether oxygens (including phenoxy) is 2. The standard InChI is InChI=1S/C18H23N3O4/c1-12-4-5-13(9-19-12)10-20-18(23)21-11-16(22)15-8-14(24-2)6-7-17(15)25-3/h4-9,16,22H,10-11H2,1-3H3,(H2,20,21,23)/t16-/m1/s1. The number of hydrogen-bond acceptors (Lipinski definition) is 5. The summed E-state index contributed by atoms with van der Waals surface area (Å²) in [6, 6.07) is 8.54. The summed E-state index contributed by atoms with van der Waals surface area (Å²) in [6.07, 6.45) is 0.794. The number of aromatic nitrogens is 1. The van der Waals surface area contributed by atoms with Crippen LogP contribution in [-0.4, -0.2) is 36.9 Å². The number of nitrogens with zero attached hydrogens (tertiary/aromatic N) is 1. The number of rotatable bonds is 7. The Morgan fingerprint density at radius 2 is 2.00 bits per heavy atom. The summed E-state index contributed by atoms with van der Waals surface area (Å²) in [4.78, 5) is 16.1. The average molecular weight is 345 g/mol. The van der Waals surface area contributed by atoms with Crippen LogP contribution in [0.15, 0.2) is 36.5 Å². The summed E-state index contributed by atoms with van der Waals surface area (Å²) in [5, 5.41) is 15.7.